The molecule has 0 aliphatic carbocycles. The molecule has 0 radical (unpaired) electrons. The van der Waals surface area contributed by atoms with E-state index in [4.69, 9.17) is 9.47 Å². The number of carboxylic acids is 1. The molecular weight excluding hydrogens is 612 g/mol. The molecule has 232 valence electrons. The van der Waals surface area contributed by atoms with Gasteiger partial charge in [-0.05, 0) is 42.5 Å². The van der Waals surface area contributed by atoms with E-state index in [1.165, 1.54) is 74.5 Å². The normalized spacial score (nSPS) is 11.1. The van der Waals surface area contributed by atoms with Crippen LogP contribution >= 0.6 is 0 Å². The Bertz CT molecular complexity index is 2410. The molecule has 0 amide bonds. The summed E-state index contributed by atoms with van der Waals surface area (Å²) in [5, 5.41) is 7.73. The highest BCUT2D eigenvalue weighted by molar-refractivity contribution is 6.24. The van der Waals surface area contributed by atoms with Crippen LogP contribution in [0.25, 0.3) is 32.9 Å². The number of carboxylic acid groups (broad SMARTS) is 1. The third-order valence-electron chi connectivity index (χ3n) is 7.32. The molecule has 13 heteroatoms. The highest BCUT2D eigenvalue weighted by Gasteiger charge is 2.30. The van der Waals surface area contributed by atoms with Gasteiger partial charge in [0.25, 0.3) is 22.2 Å². The number of nitrogens with zero attached hydrogens (tertiary/aromatic N) is 2. The zero-order valence-corrected chi connectivity index (χ0v) is 24.4. The second-order valence-corrected chi connectivity index (χ2v) is 10.4. The van der Waals surface area contributed by atoms with Gasteiger partial charge in [0, 0.05) is 37.1 Å². The lowest BCUT2D eigenvalue weighted by atomic mass is 9.94. The summed E-state index contributed by atoms with van der Waals surface area (Å²) in [5.41, 5.74) is -4.65. The monoisotopic (exact) mass is 632 g/mol. The van der Waals surface area contributed by atoms with E-state index in [-0.39, 0.29) is 44.8 Å². The molecule has 0 unspecified atom stereocenters. The number of carbonyl (C=O) groups excluding carboxylic acids is 3. The molecular formula is C34H20N2O11. The lowest BCUT2D eigenvalue weighted by Crippen LogP contribution is -2.25. The minimum atomic E-state index is -1.26. The summed E-state index contributed by atoms with van der Waals surface area (Å²) in [6.45, 7) is 2.34. The number of ketones is 1. The van der Waals surface area contributed by atoms with Crippen LogP contribution in [0.3, 0.4) is 0 Å². The molecule has 2 heterocycles. The van der Waals surface area contributed by atoms with Crippen molar-refractivity contribution < 1.29 is 33.8 Å². The van der Waals surface area contributed by atoms with Crippen molar-refractivity contribution in [2.24, 2.45) is 0 Å². The van der Waals surface area contributed by atoms with Crippen LogP contribution in [-0.4, -0.2) is 37.9 Å². The lowest BCUT2D eigenvalue weighted by Gasteiger charge is -2.06. The molecule has 0 atom stereocenters. The number of hydrogen-bond donors (Lipinski definition) is 1. The first-order chi connectivity index (χ1) is 22.4. The molecule has 0 aliphatic heterocycles. The molecule has 0 aliphatic rings. The molecule has 6 rings (SSSR count). The summed E-state index contributed by atoms with van der Waals surface area (Å²) >= 11 is 0. The standard InChI is InChI=1S/C34H20N2O11/c1-16(37)46-22-7-3-5-20(13-22)35-30(40)24-15-25-27(33(43)36(31(25)41)21-6-4-8-23(14-21)47-17(2)38)28(26(24)32(35)42)29(39)18-9-11-19(12-10-18)34(44)45/h3-15H,1-2H3,(H,44,45). The van der Waals surface area contributed by atoms with E-state index >= 15 is 0 Å². The average molecular weight is 633 g/mol. The number of aromatic carboxylic acids is 1. The Morgan fingerprint density at radius 2 is 1.00 bits per heavy atom. The maximum absolute atomic E-state index is 14.2. The van der Waals surface area contributed by atoms with Gasteiger partial charge < -0.3 is 14.6 Å². The van der Waals surface area contributed by atoms with Gasteiger partial charge in [-0.1, -0.05) is 24.3 Å². The van der Waals surface area contributed by atoms with Crippen molar-refractivity contribution in [3.8, 4) is 22.9 Å². The van der Waals surface area contributed by atoms with Gasteiger partial charge >= 0.3 is 17.9 Å². The molecule has 6 aromatic rings. The van der Waals surface area contributed by atoms with Crippen LogP contribution in [0.2, 0.25) is 0 Å². The average Bonchev–Trinajstić information content (AvgIpc) is 3.43. The van der Waals surface area contributed by atoms with Gasteiger partial charge in [-0.15, -0.1) is 0 Å². The topological polar surface area (TPSA) is 185 Å². The SMILES string of the molecule is CC(=O)Oc1cccc(-n2c(=O)c3cc4c(=O)n(-c5cccc(OC(C)=O)c5)c(=O)c4c(C(=O)c4ccc(C(=O)O)cc4)c3c2=O)c1. The van der Waals surface area contributed by atoms with Crippen LogP contribution < -0.4 is 31.7 Å². The Balaban J connectivity index is 1.70. The summed E-state index contributed by atoms with van der Waals surface area (Å²) in [6, 6.07) is 16.8. The molecule has 0 saturated carbocycles. The third-order valence-corrected chi connectivity index (χ3v) is 7.32. The molecule has 0 bridgehead atoms. The first-order valence-corrected chi connectivity index (χ1v) is 13.8. The zero-order chi connectivity index (χ0) is 33.7. The van der Waals surface area contributed by atoms with Crippen LogP contribution in [0.1, 0.15) is 40.1 Å². The fourth-order valence-corrected chi connectivity index (χ4v) is 5.42. The summed E-state index contributed by atoms with van der Waals surface area (Å²) in [7, 11) is 0. The summed E-state index contributed by atoms with van der Waals surface area (Å²) in [5.74, 6) is -3.43. The van der Waals surface area contributed by atoms with Gasteiger partial charge in [-0.25, -0.2) is 13.9 Å². The highest BCUT2D eigenvalue weighted by atomic mass is 16.5. The van der Waals surface area contributed by atoms with Crippen molar-refractivity contribution in [3.63, 3.8) is 0 Å². The minimum Gasteiger partial charge on any atom is -0.478 e. The van der Waals surface area contributed by atoms with Crippen LogP contribution in [0, 0.1) is 0 Å². The van der Waals surface area contributed by atoms with Crippen molar-refractivity contribution in [2.75, 3.05) is 0 Å². The largest absolute Gasteiger partial charge is 0.478 e. The number of ether oxygens (including phenoxy) is 2. The Hall–Kier alpha value is -6.76. The molecule has 1 N–H and O–H groups in total. The van der Waals surface area contributed by atoms with Gasteiger partial charge in [0.05, 0.1) is 38.5 Å². The van der Waals surface area contributed by atoms with Crippen LogP contribution in [0.5, 0.6) is 11.5 Å². The Morgan fingerprint density at radius 3 is 1.40 bits per heavy atom. The summed E-state index contributed by atoms with van der Waals surface area (Å²) in [4.78, 5) is 104. The van der Waals surface area contributed by atoms with E-state index in [9.17, 15) is 43.5 Å². The molecule has 2 aromatic heterocycles. The van der Waals surface area contributed by atoms with Gasteiger partial charge in [-0.2, -0.15) is 0 Å². The lowest BCUT2D eigenvalue weighted by molar-refractivity contribution is -0.132. The van der Waals surface area contributed by atoms with Crippen molar-refractivity contribution in [2.45, 2.75) is 13.8 Å². The quantitative estimate of drug-likeness (QED) is 0.155. The molecule has 47 heavy (non-hydrogen) atoms. The van der Waals surface area contributed by atoms with E-state index in [1.807, 2.05) is 0 Å². The second-order valence-electron chi connectivity index (χ2n) is 10.4. The van der Waals surface area contributed by atoms with Crippen LogP contribution in [-0.2, 0) is 9.59 Å². The number of aromatic nitrogens is 2. The van der Waals surface area contributed by atoms with E-state index in [1.54, 1.807) is 0 Å². The van der Waals surface area contributed by atoms with Gasteiger partial charge in [0.2, 0.25) is 0 Å². The third kappa shape index (κ3) is 5.11. The maximum atomic E-state index is 14.2. The van der Waals surface area contributed by atoms with Crippen molar-refractivity contribution in [3.05, 3.63) is 137 Å². The molecule has 0 saturated heterocycles. The Morgan fingerprint density at radius 1 is 0.574 bits per heavy atom. The van der Waals surface area contributed by atoms with Crippen molar-refractivity contribution in [1.29, 1.82) is 0 Å². The van der Waals surface area contributed by atoms with E-state index in [0.29, 0.717) is 0 Å². The number of benzene rings is 4. The Kier molecular flexibility index (Phi) is 7.28. The summed E-state index contributed by atoms with van der Waals surface area (Å²) < 4.78 is 11.6. The predicted molar refractivity (Wildman–Crippen MR) is 167 cm³/mol. The van der Waals surface area contributed by atoms with E-state index in [2.05, 4.69) is 0 Å². The zero-order valence-electron chi connectivity index (χ0n) is 24.4. The maximum Gasteiger partial charge on any atom is 0.335 e. The van der Waals surface area contributed by atoms with Crippen LogP contribution in [0.4, 0.5) is 0 Å². The molecule has 4 aromatic carbocycles. The first kappa shape index (κ1) is 30.3. The van der Waals surface area contributed by atoms with Crippen molar-refractivity contribution >= 4 is 45.2 Å². The van der Waals surface area contributed by atoms with Gasteiger partial charge in [-0.3, -0.25) is 33.6 Å². The Labute approximate surface area is 261 Å². The molecule has 0 fully saturated rings. The number of carbonyl (C=O) groups is 4. The van der Waals surface area contributed by atoms with E-state index in [0.717, 1.165) is 27.3 Å². The van der Waals surface area contributed by atoms with Crippen molar-refractivity contribution in [1.82, 2.24) is 9.13 Å². The molecule has 13 nitrogen and oxygen atoms in total. The fourth-order valence-electron chi connectivity index (χ4n) is 5.42. The number of fused-ring (bicyclic) bond motifs is 2. The molecule has 0 spiro atoms. The number of esters is 2. The number of rotatable bonds is 7. The predicted octanol–water partition coefficient (Wildman–Crippen LogP) is 2.67. The van der Waals surface area contributed by atoms with E-state index < -0.39 is 62.3 Å². The number of hydrogen-bond acceptors (Lipinski definition) is 10. The van der Waals surface area contributed by atoms with Gasteiger partial charge in [0.15, 0.2) is 5.78 Å². The summed E-state index contributed by atoms with van der Waals surface area (Å²) in [6.07, 6.45) is 0. The van der Waals surface area contributed by atoms with Gasteiger partial charge in [0.1, 0.15) is 11.5 Å². The van der Waals surface area contributed by atoms with Crippen LogP contribution in [0.15, 0.2) is 98.0 Å². The minimum absolute atomic E-state index is 0.0131. The smallest absolute Gasteiger partial charge is 0.335 e. The highest BCUT2D eigenvalue weighted by Crippen LogP contribution is 2.27. The first-order valence-electron chi connectivity index (χ1n) is 13.8. The second kappa shape index (κ2) is 11.3. The fraction of sp³-hybridized carbons (Fsp3) is 0.0588.